The molecular formula is C9H5Br2N3O2. The average Bonchev–Trinajstić information content (AvgIpc) is 2.15. The Morgan fingerprint density at radius 1 is 1.31 bits per heavy atom. The molecule has 0 radical (unpaired) electrons. The minimum atomic E-state index is -0.431. The van der Waals surface area contributed by atoms with Gasteiger partial charge in [0, 0.05) is 15.1 Å². The van der Waals surface area contributed by atoms with Crippen LogP contribution in [0.25, 0.3) is 11.5 Å². The summed E-state index contributed by atoms with van der Waals surface area (Å²) in [5.41, 5.74) is 0.0234. The van der Waals surface area contributed by atoms with E-state index in [9.17, 15) is 9.90 Å². The Morgan fingerprint density at radius 3 is 2.69 bits per heavy atom. The smallest absolute Gasteiger partial charge is 0.255 e. The van der Waals surface area contributed by atoms with Gasteiger partial charge in [0.1, 0.15) is 5.69 Å². The van der Waals surface area contributed by atoms with E-state index >= 15 is 0 Å². The maximum atomic E-state index is 11.2. The number of pyridine rings is 1. The summed E-state index contributed by atoms with van der Waals surface area (Å²) < 4.78 is 1.46. The minimum Gasteiger partial charge on any atom is -0.493 e. The molecule has 0 amide bonds. The van der Waals surface area contributed by atoms with E-state index in [-0.39, 0.29) is 11.7 Å². The molecule has 0 aromatic carbocycles. The quantitative estimate of drug-likeness (QED) is 0.828. The number of nitrogens with zero attached hydrogens (tertiary/aromatic N) is 2. The van der Waals surface area contributed by atoms with Gasteiger partial charge in [0.2, 0.25) is 5.88 Å². The first-order valence-corrected chi connectivity index (χ1v) is 5.76. The molecule has 16 heavy (non-hydrogen) atoms. The predicted octanol–water partition coefficient (Wildman–Crippen LogP) is 2.06. The Bertz CT molecular complexity index is 598. The summed E-state index contributed by atoms with van der Waals surface area (Å²) in [6, 6.07) is 2.77. The van der Waals surface area contributed by atoms with Gasteiger partial charge < -0.3 is 10.1 Å². The summed E-state index contributed by atoms with van der Waals surface area (Å²) in [4.78, 5) is 21.5. The lowest BCUT2D eigenvalue weighted by Gasteiger charge is -2.03. The molecule has 7 heteroatoms. The lowest BCUT2D eigenvalue weighted by molar-refractivity contribution is 0.452. The van der Waals surface area contributed by atoms with Crippen LogP contribution < -0.4 is 5.56 Å². The van der Waals surface area contributed by atoms with Crippen LogP contribution in [0.15, 0.2) is 32.1 Å². The predicted molar refractivity (Wildman–Crippen MR) is 65.2 cm³/mol. The van der Waals surface area contributed by atoms with E-state index in [1.807, 2.05) is 0 Å². The van der Waals surface area contributed by atoms with Gasteiger partial charge in [-0.2, -0.15) is 4.98 Å². The van der Waals surface area contributed by atoms with Crippen LogP contribution in [0, 0.1) is 0 Å². The van der Waals surface area contributed by atoms with E-state index in [1.165, 1.54) is 0 Å². The molecule has 0 fully saturated rings. The van der Waals surface area contributed by atoms with Crippen LogP contribution in [-0.4, -0.2) is 20.1 Å². The molecule has 0 spiro atoms. The van der Waals surface area contributed by atoms with Gasteiger partial charge in [-0.3, -0.25) is 9.78 Å². The molecular weight excluding hydrogens is 342 g/mol. The van der Waals surface area contributed by atoms with Gasteiger partial charge in [-0.15, -0.1) is 0 Å². The van der Waals surface area contributed by atoms with Crippen molar-refractivity contribution in [3.05, 3.63) is 37.6 Å². The molecule has 0 bridgehead atoms. The van der Waals surface area contributed by atoms with Crippen molar-refractivity contribution in [2.75, 3.05) is 0 Å². The number of H-pyrrole nitrogens is 1. The highest BCUT2D eigenvalue weighted by molar-refractivity contribution is 9.11. The number of aromatic hydroxyl groups is 1. The number of nitrogens with one attached hydrogen (secondary N) is 1. The van der Waals surface area contributed by atoms with Crippen molar-refractivity contribution in [2.24, 2.45) is 0 Å². The van der Waals surface area contributed by atoms with Crippen molar-refractivity contribution < 1.29 is 5.11 Å². The average molecular weight is 347 g/mol. The number of hydrogen-bond donors (Lipinski definition) is 2. The Morgan fingerprint density at radius 2 is 2.06 bits per heavy atom. The van der Waals surface area contributed by atoms with Crippen LogP contribution in [0.3, 0.4) is 0 Å². The van der Waals surface area contributed by atoms with Crippen molar-refractivity contribution in [1.29, 1.82) is 0 Å². The molecule has 5 nitrogen and oxygen atoms in total. The highest BCUT2D eigenvalue weighted by Gasteiger charge is 2.09. The number of aromatic amines is 1. The number of rotatable bonds is 1. The number of aromatic nitrogens is 3. The fraction of sp³-hybridized carbons (Fsp3) is 0. The Hall–Kier alpha value is -1.21. The van der Waals surface area contributed by atoms with Gasteiger partial charge in [-0.1, -0.05) is 0 Å². The molecule has 82 valence electrons. The van der Waals surface area contributed by atoms with Crippen molar-refractivity contribution in [3.63, 3.8) is 0 Å². The molecule has 0 aliphatic carbocycles. The van der Waals surface area contributed by atoms with Crippen LogP contribution in [-0.2, 0) is 0 Å². The first-order valence-electron chi connectivity index (χ1n) is 4.18. The summed E-state index contributed by atoms with van der Waals surface area (Å²) in [6.07, 6.45) is 1.57. The molecule has 0 aliphatic rings. The molecule has 2 aromatic rings. The van der Waals surface area contributed by atoms with Crippen LogP contribution in [0.2, 0.25) is 0 Å². The van der Waals surface area contributed by atoms with E-state index in [0.29, 0.717) is 10.2 Å². The Kier molecular flexibility index (Phi) is 3.06. The SMILES string of the molecule is O=c1cc(O)nc(-c2ncc(Br)cc2Br)[nH]1. The monoisotopic (exact) mass is 345 g/mol. The van der Waals surface area contributed by atoms with Gasteiger partial charge >= 0.3 is 0 Å². The molecule has 2 aromatic heterocycles. The van der Waals surface area contributed by atoms with Crippen LogP contribution >= 0.6 is 31.9 Å². The van der Waals surface area contributed by atoms with Gasteiger partial charge in [-0.25, -0.2) is 0 Å². The molecule has 0 atom stereocenters. The first-order chi connectivity index (χ1) is 7.56. The van der Waals surface area contributed by atoms with Crippen LogP contribution in [0.5, 0.6) is 5.88 Å². The summed E-state index contributed by atoms with van der Waals surface area (Å²) >= 11 is 6.56. The highest BCUT2D eigenvalue weighted by Crippen LogP contribution is 2.25. The summed E-state index contributed by atoms with van der Waals surface area (Å²) in [7, 11) is 0. The van der Waals surface area contributed by atoms with Gasteiger partial charge in [0.05, 0.1) is 6.07 Å². The third kappa shape index (κ3) is 2.30. The zero-order valence-electron chi connectivity index (χ0n) is 7.74. The second-order valence-electron chi connectivity index (χ2n) is 2.94. The van der Waals surface area contributed by atoms with Crippen molar-refractivity contribution >= 4 is 31.9 Å². The third-order valence-electron chi connectivity index (χ3n) is 1.76. The summed E-state index contributed by atoms with van der Waals surface area (Å²) in [5, 5.41) is 9.22. The Balaban J connectivity index is 2.63. The molecule has 2 rings (SSSR count). The molecule has 0 saturated heterocycles. The molecule has 0 aliphatic heterocycles. The van der Waals surface area contributed by atoms with Gasteiger partial charge in [0.25, 0.3) is 5.56 Å². The van der Waals surface area contributed by atoms with Crippen molar-refractivity contribution in [3.8, 4) is 17.4 Å². The maximum absolute atomic E-state index is 11.2. The van der Waals surface area contributed by atoms with E-state index < -0.39 is 5.56 Å². The second-order valence-corrected chi connectivity index (χ2v) is 4.71. The normalized spacial score (nSPS) is 10.4. The topological polar surface area (TPSA) is 78.9 Å². The standard InChI is InChI=1S/C9H5Br2N3O2/c10-4-1-5(11)8(12-3-4)9-13-6(15)2-7(16)14-9/h1-3H,(H2,13,14,15,16). The van der Waals surface area contributed by atoms with E-state index in [2.05, 4.69) is 46.8 Å². The zero-order chi connectivity index (χ0) is 11.7. The second kappa shape index (κ2) is 4.34. The highest BCUT2D eigenvalue weighted by atomic mass is 79.9. The Labute approximate surface area is 107 Å². The van der Waals surface area contributed by atoms with Gasteiger partial charge in [-0.05, 0) is 37.9 Å². The van der Waals surface area contributed by atoms with E-state index in [0.717, 1.165) is 10.5 Å². The third-order valence-corrected chi connectivity index (χ3v) is 2.80. The lowest BCUT2D eigenvalue weighted by atomic mass is 10.3. The number of halogens is 2. The van der Waals surface area contributed by atoms with Gasteiger partial charge in [0.15, 0.2) is 5.82 Å². The molecule has 2 N–H and O–H groups in total. The zero-order valence-corrected chi connectivity index (χ0v) is 10.9. The summed E-state index contributed by atoms with van der Waals surface area (Å²) in [5.74, 6) is -0.125. The largest absolute Gasteiger partial charge is 0.493 e. The molecule has 0 saturated carbocycles. The first kappa shape index (κ1) is 11.3. The van der Waals surface area contributed by atoms with Crippen molar-refractivity contribution in [1.82, 2.24) is 15.0 Å². The maximum Gasteiger partial charge on any atom is 0.255 e. The molecule has 2 heterocycles. The lowest BCUT2D eigenvalue weighted by Crippen LogP contribution is -2.07. The van der Waals surface area contributed by atoms with E-state index in [4.69, 9.17) is 0 Å². The van der Waals surface area contributed by atoms with Crippen LogP contribution in [0.4, 0.5) is 0 Å². The number of hydrogen-bond acceptors (Lipinski definition) is 4. The van der Waals surface area contributed by atoms with Crippen molar-refractivity contribution in [2.45, 2.75) is 0 Å². The van der Waals surface area contributed by atoms with E-state index in [1.54, 1.807) is 12.3 Å². The fourth-order valence-corrected chi connectivity index (χ4v) is 2.32. The minimum absolute atomic E-state index is 0.212. The fourth-order valence-electron chi connectivity index (χ4n) is 1.15. The molecule has 0 unspecified atom stereocenters. The van der Waals surface area contributed by atoms with Crippen LogP contribution in [0.1, 0.15) is 0 Å². The summed E-state index contributed by atoms with van der Waals surface area (Å²) in [6.45, 7) is 0.